The van der Waals surface area contributed by atoms with Crippen molar-refractivity contribution >= 4 is 127 Å². The predicted molar refractivity (Wildman–Crippen MR) is 414 cm³/mol. The van der Waals surface area contributed by atoms with Gasteiger partial charge in [0.15, 0.2) is 53.1 Å². The van der Waals surface area contributed by atoms with Crippen molar-refractivity contribution in [2.75, 3.05) is 38.5 Å². The van der Waals surface area contributed by atoms with E-state index in [1.807, 2.05) is 89.7 Å². The van der Waals surface area contributed by atoms with Gasteiger partial charge in [0, 0.05) is 116 Å². The Labute approximate surface area is 635 Å². The van der Waals surface area contributed by atoms with Gasteiger partial charge >= 0.3 is 0 Å². The van der Waals surface area contributed by atoms with Crippen molar-refractivity contribution in [1.29, 1.82) is 0 Å². The quantitative estimate of drug-likeness (QED) is 0.0212. The zero-order valence-electron chi connectivity index (χ0n) is 56.2. The second-order valence-corrected chi connectivity index (χ2v) is 28.4. The molecule has 534 valence electrons. The minimum Gasteiger partial charge on any atom is -0.619 e. The molecule has 2 saturated carbocycles. The van der Waals surface area contributed by atoms with Crippen LogP contribution in [-0.4, -0.2) is 97.7 Å². The third kappa shape index (κ3) is 18.2. The van der Waals surface area contributed by atoms with Crippen LogP contribution in [0.15, 0.2) is 214 Å². The van der Waals surface area contributed by atoms with E-state index in [2.05, 4.69) is 146 Å². The van der Waals surface area contributed by atoms with Gasteiger partial charge < -0.3 is 53.2 Å². The Morgan fingerprint density at radius 1 is 0.533 bits per heavy atom. The smallest absolute Gasteiger partial charge is 0.187 e. The highest BCUT2D eigenvalue weighted by atomic mass is 79.9. The average molecular weight is 1670 g/mol. The predicted octanol–water partition coefficient (Wildman–Crippen LogP) is 13.9. The molecule has 0 amide bonds. The van der Waals surface area contributed by atoms with Crippen LogP contribution in [0.3, 0.4) is 0 Å². The summed E-state index contributed by atoms with van der Waals surface area (Å²) in [6, 6.07) is 37.0. The number of hydrogen-bond donors (Lipinski definition) is 8. The number of halogens is 5. The standard InChI is InChI=1S/C19H13BrN6O.C18H13BrFN5O.C18H22BrN7.C18H21BrN6O/c1-21-15-6-2-5-14(8-15)17-9-18(26-19(24-17)16(20)11-23-26)22-10-13-4-3-7-25(27)12-13;19-15-10-22-25-17(21-9-12-2-1-7-24(26)11-12)8-16(23-18(15)25)13-3-5-14(20)6-4-13;19-15-11-23-26-17(22-10-12-2-1-7-21-9-12)8-16(25-18(15)26)24-14-5-3-13(20)4-6-14;19-14-11-22-25-16(21-10-13-4-3-7-20-9-13)8-15(23-17(14)25)24-18(12-26)5-1-2-6-18/h2-9,11-12,22H,10H2;1-8,10-11,21H,9H2;1-2,7-9,11,13-14,22H,3-6,10,20H2,(H,24,25);3-4,7-9,11,21,26H,1-2,5-6,10,12H2,(H,23,24). The Kier molecular flexibility index (Phi) is 23.3. The zero-order valence-corrected chi connectivity index (χ0v) is 62.5. The number of fused-ring (bicyclic) bond motifs is 4. The average Bonchev–Trinajstić information content (AvgIpc) is 1.68. The molecule has 0 bridgehead atoms. The summed E-state index contributed by atoms with van der Waals surface area (Å²) in [5.41, 5.74) is 16.0. The molecular formula is C73H69Br4FN24O3. The molecule has 12 aromatic heterocycles. The fourth-order valence-electron chi connectivity index (χ4n) is 12.1. The summed E-state index contributed by atoms with van der Waals surface area (Å²) in [6.45, 7) is 9.53. The Balaban J connectivity index is 0.000000124. The first-order chi connectivity index (χ1) is 51.1. The summed E-state index contributed by atoms with van der Waals surface area (Å²) in [5.74, 6) is 4.46. The molecule has 12 heterocycles. The largest absolute Gasteiger partial charge is 0.619 e. The van der Waals surface area contributed by atoms with E-state index in [0.29, 0.717) is 66.8 Å². The Morgan fingerprint density at radius 2 is 0.981 bits per heavy atom. The van der Waals surface area contributed by atoms with Crippen LogP contribution in [0.25, 0.3) is 49.9 Å². The van der Waals surface area contributed by atoms with Gasteiger partial charge in [-0.1, -0.05) is 43.2 Å². The van der Waals surface area contributed by atoms with E-state index in [-0.39, 0.29) is 18.0 Å². The Morgan fingerprint density at radius 3 is 1.45 bits per heavy atom. The van der Waals surface area contributed by atoms with E-state index in [0.717, 1.165) is 158 Å². The summed E-state index contributed by atoms with van der Waals surface area (Å²) in [5, 5.41) is 70.7. The maximum atomic E-state index is 13.2. The molecule has 105 heavy (non-hydrogen) atoms. The number of hydrogen-bond acceptors (Lipinski definition) is 20. The van der Waals surface area contributed by atoms with Gasteiger partial charge in [-0.25, -0.2) is 29.2 Å². The van der Waals surface area contributed by atoms with Crippen LogP contribution in [0.4, 0.5) is 45.0 Å². The van der Waals surface area contributed by atoms with E-state index in [1.54, 1.807) is 87.1 Å². The number of anilines is 6. The molecule has 2 aromatic carbocycles. The van der Waals surface area contributed by atoms with Gasteiger partial charge in [0.2, 0.25) is 0 Å². The van der Waals surface area contributed by atoms with Crippen molar-refractivity contribution in [2.45, 2.75) is 95.2 Å². The van der Waals surface area contributed by atoms with E-state index >= 15 is 0 Å². The summed E-state index contributed by atoms with van der Waals surface area (Å²) >= 11 is 14.0. The number of rotatable bonds is 19. The van der Waals surface area contributed by atoms with Gasteiger partial charge in [0.1, 0.15) is 40.7 Å². The summed E-state index contributed by atoms with van der Waals surface area (Å²) in [6.07, 6.45) is 28.4. The van der Waals surface area contributed by atoms with Crippen LogP contribution in [0.2, 0.25) is 0 Å². The van der Waals surface area contributed by atoms with E-state index in [4.69, 9.17) is 17.3 Å². The second-order valence-electron chi connectivity index (χ2n) is 25.0. The van der Waals surface area contributed by atoms with E-state index in [1.165, 1.54) is 36.9 Å². The number of aliphatic hydroxyl groups excluding tert-OH is 1. The highest BCUT2D eigenvalue weighted by Gasteiger charge is 2.34. The molecule has 2 aliphatic carbocycles. The van der Waals surface area contributed by atoms with Crippen LogP contribution in [-0.2, 0) is 26.2 Å². The first-order valence-electron chi connectivity index (χ1n) is 33.5. The normalized spacial score (nSPS) is 14.5. The van der Waals surface area contributed by atoms with Gasteiger partial charge in [-0.3, -0.25) is 9.97 Å². The number of pyridine rings is 4. The number of aliphatic hydroxyl groups is 1. The third-order valence-electron chi connectivity index (χ3n) is 17.5. The topological polar surface area (TPSA) is 323 Å². The van der Waals surface area contributed by atoms with E-state index in [9.17, 15) is 19.9 Å². The lowest BCUT2D eigenvalue weighted by molar-refractivity contribution is -0.606. The first kappa shape index (κ1) is 72.5. The summed E-state index contributed by atoms with van der Waals surface area (Å²) in [4.78, 5) is 30.5. The van der Waals surface area contributed by atoms with Gasteiger partial charge in [-0.2, -0.15) is 47.9 Å². The van der Waals surface area contributed by atoms with E-state index < -0.39 is 0 Å². The third-order valence-corrected chi connectivity index (χ3v) is 19.8. The van der Waals surface area contributed by atoms with Crippen molar-refractivity contribution in [3.63, 3.8) is 0 Å². The minimum atomic E-state index is -0.297. The van der Waals surface area contributed by atoms with Crippen LogP contribution >= 0.6 is 63.7 Å². The molecule has 16 rings (SSSR count). The molecule has 2 fully saturated rings. The van der Waals surface area contributed by atoms with Gasteiger partial charge in [0.05, 0.1) is 72.8 Å². The highest BCUT2D eigenvalue weighted by Crippen LogP contribution is 2.35. The maximum Gasteiger partial charge on any atom is 0.187 e. The second kappa shape index (κ2) is 33.7. The molecule has 0 atom stereocenters. The number of nitrogens with zero attached hydrogens (tertiary/aromatic N) is 17. The highest BCUT2D eigenvalue weighted by molar-refractivity contribution is 9.11. The van der Waals surface area contributed by atoms with Crippen LogP contribution in [0.1, 0.15) is 73.6 Å². The summed E-state index contributed by atoms with van der Waals surface area (Å²) < 4.78 is 24.9. The molecular weight excluding hydrogens is 1600 g/mol. The van der Waals surface area contributed by atoms with Crippen molar-refractivity contribution in [3.8, 4) is 22.5 Å². The fourth-order valence-corrected chi connectivity index (χ4v) is 13.5. The van der Waals surface area contributed by atoms with Crippen molar-refractivity contribution in [2.24, 2.45) is 5.73 Å². The molecule has 9 N–H and O–H groups in total. The lowest BCUT2D eigenvalue weighted by atomic mass is 9.92. The lowest BCUT2D eigenvalue weighted by Gasteiger charge is -2.28. The van der Waals surface area contributed by atoms with Gasteiger partial charge in [-0.05, 0) is 174 Å². The van der Waals surface area contributed by atoms with Gasteiger partial charge in [-0.15, -0.1) is 0 Å². The number of nitrogens with one attached hydrogen (secondary N) is 6. The molecule has 2 aliphatic rings. The molecule has 14 aromatic rings. The number of aromatic nitrogens is 16. The van der Waals surface area contributed by atoms with Crippen LogP contribution < -0.4 is 47.1 Å². The van der Waals surface area contributed by atoms with Crippen molar-refractivity contribution in [1.82, 2.24) is 68.4 Å². The van der Waals surface area contributed by atoms with Crippen LogP contribution in [0.5, 0.6) is 0 Å². The van der Waals surface area contributed by atoms with Gasteiger partial charge in [0.25, 0.3) is 0 Å². The lowest BCUT2D eigenvalue weighted by Crippen LogP contribution is -2.39. The molecule has 0 radical (unpaired) electrons. The minimum absolute atomic E-state index is 0.110. The fraction of sp³-hybridized carbons (Fsp3) is 0.219. The Bertz CT molecular complexity index is 5340. The zero-order chi connectivity index (χ0) is 72.8. The molecule has 0 spiro atoms. The monoisotopic (exact) mass is 1660 g/mol. The number of nitrogens with two attached hydrogens (primary N) is 1. The summed E-state index contributed by atoms with van der Waals surface area (Å²) in [7, 11) is 0. The number of benzene rings is 2. The molecule has 27 nitrogen and oxygen atoms in total. The van der Waals surface area contributed by atoms with Crippen LogP contribution in [0, 0.1) is 22.8 Å². The first-order valence-corrected chi connectivity index (χ1v) is 36.7. The SMILES string of the molecule is NC1CCC(Nc2cc(NCc3cccnc3)n3ncc(Br)c3n2)CC1.OCC1(Nc2cc(NCc3cccnc3)n3ncc(Br)c3n2)CCCC1.[C-]#[N+]c1cccc(-c2cc(NCc3ccc[n+]([O-])c3)n3ncc(Br)c3n2)c1.[O-][n+]1cccc(CNc2cc(-c3ccc(F)cc3)nc3c(Br)cnn23)c1. The molecule has 0 unspecified atom stereocenters. The molecule has 0 aliphatic heterocycles. The molecule has 0 saturated heterocycles. The maximum absolute atomic E-state index is 13.2. The Hall–Kier alpha value is -10.8. The van der Waals surface area contributed by atoms with Crippen molar-refractivity contribution in [3.05, 3.63) is 263 Å². The molecule has 32 heteroatoms. The van der Waals surface area contributed by atoms with Crippen molar-refractivity contribution < 1.29 is 19.0 Å².